The van der Waals surface area contributed by atoms with E-state index in [2.05, 4.69) is 51.1 Å². The zero-order valence-electron chi connectivity index (χ0n) is 11.4. The first kappa shape index (κ1) is 14.6. The Bertz CT molecular complexity index is 608. The summed E-state index contributed by atoms with van der Waals surface area (Å²) in [6, 6.07) is 13.5. The molecule has 2 aromatic rings. The number of carbonyl (C=O) groups excluding carboxylic acids is 1. The Morgan fingerprint density at radius 3 is 2.50 bits per heavy atom. The first-order valence-electron chi connectivity index (χ1n) is 6.27. The molecular weight excluding hydrogens is 318 g/mol. The van der Waals surface area contributed by atoms with Crippen molar-refractivity contribution in [2.75, 3.05) is 12.4 Å². The number of hydrogen-bond donors (Lipinski definition) is 1. The van der Waals surface area contributed by atoms with Crippen LogP contribution in [0, 0.1) is 6.92 Å². The lowest BCUT2D eigenvalue weighted by atomic mass is 10.1. The maximum Gasteiger partial charge on any atom is 0.337 e. The van der Waals surface area contributed by atoms with Gasteiger partial charge < -0.3 is 10.1 Å². The number of hydrogen-bond acceptors (Lipinski definition) is 3. The third-order valence-corrected chi connectivity index (χ3v) is 3.74. The van der Waals surface area contributed by atoms with Crippen LogP contribution in [0.1, 0.15) is 21.5 Å². The third-order valence-electron chi connectivity index (χ3n) is 3.00. The molecule has 0 aliphatic rings. The van der Waals surface area contributed by atoms with Crippen molar-refractivity contribution in [1.82, 2.24) is 0 Å². The fourth-order valence-corrected chi connectivity index (χ4v) is 2.47. The van der Waals surface area contributed by atoms with Crippen LogP contribution in [0.2, 0.25) is 0 Å². The zero-order chi connectivity index (χ0) is 14.5. The predicted molar refractivity (Wildman–Crippen MR) is 84.0 cm³/mol. The number of halogens is 1. The Morgan fingerprint density at radius 1 is 1.20 bits per heavy atom. The van der Waals surface area contributed by atoms with E-state index in [4.69, 9.17) is 0 Å². The van der Waals surface area contributed by atoms with E-state index >= 15 is 0 Å². The standard InChI is InChI=1S/C16H16BrNO2/c1-11-3-4-13(15(17)9-11)10-18-14-7-5-12(6-8-14)16(19)20-2/h3-9,18H,10H2,1-2H3. The maximum atomic E-state index is 11.3. The average molecular weight is 334 g/mol. The highest BCUT2D eigenvalue weighted by atomic mass is 79.9. The Morgan fingerprint density at radius 2 is 1.90 bits per heavy atom. The minimum atomic E-state index is -0.321. The summed E-state index contributed by atoms with van der Waals surface area (Å²) in [7, 11) is 1.38. The Hall–Kier alpha value is -1.81. The molecule has 0 bridgehead atoms. The van der Waals surface area contributed by atoms with Crippen LogP contribution in [0.3, 0.4) is 0 Å². The summed E-state index contributed by atoms with van der Waals surface area (Å²) in [6.07, 6.45) is 0. The van der Waals surface area contributed by atoms with Crippen molar-refractivity contribution in [2.24, 2.45) is 0 Å². The first-order chi connectivity index (χ1) is 9.60. The van der Waals surface area contributed by atoms with E-state index in [9.17, 15) is 4.79 Å². The molecule has 3 nitrogen and oxygen atoms in total. The summed E-state index contributed by atoms with van der Waals surface area (Å²) in [5, 5.41) is 3.32. The number of anilines is 1. The van der Waals surface area contributed by atoms with E-state index in [1.807, 2.05) is 12.1 Å². The molecule has 0 spiro atoms. The number of nitrogens with one attached hydrogen (secondary N) is 1. The lowest BCUT2D eigenvalue weighted by Gasteiger charge is -2.09. The molecule has 0 radical (unpaired) electrons. The van der Waals surface area contributed by atoms with E-state index in [-0.39, 0.29) is 5.97 Å². The van der Waals surface area contributed by atoms with Crippen molar-refractivity contribution in [3.05, 3.63) is 63.6 Å². The smallest absolute Gasteiger partial charge is 0.337 e. The Balaban J connectivity index is 2.02. The van der Waals surface area contributed by atoms with E-state index in [1.54, 1.807) is 12.1 Å². The van der Waals surface area contributed by atoms with E-state index in [1.165, 1.54) is 18.2 Å². The molecule has 0 heterocycles. The zero-order valence-corrected chi connectivity index (χ0v) is 13.0. The predicted octanol–water partition coefficient (Wildman–Crippen LogP) is 4.16. The van der Waals surface area contributed by atoms with Crippen LogP contribution in [0.4, 0.5) is 5.69 Å². The minimum absolute atomic E-state index is 0.321. The molecule has 0 aromatic heterocycles. The van der Waals surface area contributed by atoms with Crippen LogP contribution in [0.15, 0.2) is 46.9 Å². The summed E-state index contributed by atoms with van der Waals surface area (Å²) >= 11 is 3.56. The first-order valence-corrected chi connectivity index (χ1v) is 7.06. The summed E-state index contributed by atoms with van der Waals surface area (Å²) in [5.41, 5.74) is 3.93. The van der Waals surface area contributed by atoms with Crippen molar-refractivity contribution in [3.8, 4) is 0 Å². The summed E-state index contributed by atoms with van der Waals surface area (Å²) in [6.45, 7) is 2.78. The number of esters is 1. The molecule has 0 atom stereocenters. The topological polar surface area (TPSA) is 38.3 Å². The van der Waals surface area contributed by atoms with Crippen LogP contribution >= 0.6 is 15.9 Å². The molecule has 0 aliphatic heterocycles. The molecule has 20 heavy (non-hydrogen) atoms. The van der Waals surface area contributed by atoms with Gasteiger partial charge in [0.1, 0.15) is 0 Å². The quantitative estimate of drug-likeness (QED) is 0.854. The molecule has 104 valence electrons. The molecule has 2 rings (SSSR count). The normalized spacial score (nSPS) is 10.2. The molecule has 0 aliphatic carbocycles. The lowest BCUT2D eigenvalue weighted by molar-refractivity contribution is 0.0601. The van der Waals surface area contributed by atoms with Crippen molar-refractivity contribution >= 4 is 27.6 Å². The van der Waals surface area contributed by atoms with Gasteiger partial charge in [0, 0.05) is 16.7 Å². The van der Waals surface area contributed by atoms with Crippen LogP contribution < -0.4 is 5.32 Å². The molecule has 4 heteroatoms. The summed E-state index contributed by atoms with van der Waals surface area (Å²) < 4.78 is 5.76. The molecule has 1 N–H and O–H groups in total. The number of carbonyl (C=O) groups is 1. The monoisotopic (exact) mass is 333 g/mol. The van der Waals surface area contributed by atoms with Crippen LogP contribution in [0.25, 0.3) is 0 Å². The molecule has 0 saturated carbocycles. The number of aryl methyl sites for hydroxylation is 1. The average Bonchev–Trinajstić information content (AvgIpc) is 2.46. The van der Waals surface area contributed by atoms with Gasteiger partial charge in [-0.1, -0.05) is 28.1 Å². The highest BCUT2D eigenvalue weighted by Crippen LogP contribution is 2.20. The second-order valence-corrected chi connectivity index (χ2v) is 5.37. The van der Waals surface area contributed by atoms with Gasteiger partial charge in [0.25, 0.3) is 0 Å². The maximum absolute atomic E-state index is 11.3. The fraction of sp³-hybridized carbons (Fsp3) is 0.188. The minimum Gasteiger partial charge on any atom is -0.465 e. The molecular formula is C16H16BrNO2. The van der Waals surface area contributed by atoms with Crippen LogP contribution in [-0.2, 0) is 11.3 Å². The van der Waals surface area contributed by atoms with Crippen molar-refractivity contribution < 1.29 is 9.53 Å². The molecule has 0 unspecified atom stereocenters. The van der Waals surface area contributed by atoms with Gasteiger partial charge in [-0.05, 0) is 48.4 Å². The third kappa shape index (κ3) is 3.61. The highest BCUT2D eigenvalue weighted by molar-refractivity contribution is 9.10. The van der Waals surface area contributed by atoms with Gasteiger partial charge in [-0.2, -0.15) is 0 Å². The molecule has 2 aromatic carbocycles. The number of benzene rings is 2. The van der Waals surface area contributed by atoms with Crippen LogP contribution in [-0.4, -0.2) is 13.1 Å². The summed E-state index contributed by atoms with van der Waals surface area (Å²) in [4.78, 5) is 11.3. The molecule has 0 amide bonds. The van der Waals surface area contributed by atoms with Gasteiger partial charge in [-0.25, -0.2) is 4.79 Å². The Kier molecular flexibility index (Phi) is 4.79. The number of methoxy groups -OCH3 is 1. The summed E-state index contributed by atoms with van der Waals surface area (Å²) in [5.74, 6) is -0.321. The fourth-order valence-electron chi connectivity index (χ4n) is 1.84. The second-order valence-electron chi connectivity index (χ2n) is 4.52. The Labute approximate surface area is 127 Å². The lowest BCUT2D eigenvalue weighted by Crippen LogP contribution is -2.03. The largest absolute Gasteiger partial charge is 0.465 e. The molecule has 0 saturated heterocycles. The number of rotatable bonds is 4. The van der Waals surface area contributed by atoms with Crippen molar-refractivity contribution in [1.29, 1.82) is 0 Å². The second kappa shape index (κ2) is 6.57. The van der Waals surface area contributed by atoms with Crippen molar-refractivity contribution in [2.45, 2.75) is 13.5 Å². The highest BCUT2D eigenvalue weighted by Gasteiger charge is 2.04. The van der Waals surface area contributed by atoms with Gasteiger partial charge in [0.05, 0.1) is 12.7 Å². The SMILES string of the molecule is COC(=O)c1ccc(NCc2ccc(C)cc2Br)cc1. The van der Waals surface area contributed by atoms with Crippen LogP contribution in [0.5, 0.6) is 0 Å². The van der Waals surface area contributed by atoms with E-state index in [0.29, 0.717) is 5.56 Å². The van der Waals surface area contributed by atoms with Crippen molar-refractivity contribution in [3.63, 3.8) is 0 Å². The molecule has 0 fully saturated rings. The van der Waals surface area contributed by atoms with Gasteiger partial charge in [0.2, 0.25) is 0 Å². The number of ether oxygens (including phenoxy) is 1. The van der Waals surface area contributed by atoms with E-state index < -0.39 is 0 Å². The van der Waals surface area contributed by atoms with Gasteiger partial charge in [0.15, 0.2) is 0 Å². The van der Waals surface area contributed by atoms with Gasteiger partial charge in [-0.3, -0.25) is 0 Å². The van der Waals surface area contributed by atoms with Gasteiger partial charge >= 0.3 is 5.97 Å². The van der Waals surface area contributed by atoms with Gasteiger partial charge in [-0.15, -0.1) is 0 Å². The van der Waals surface area contributed by atoms with E-state index in [0.717, 1.165) is 16.7 Å².